The van der Waals surface area contributed by atoms with Crippen molar-refractivity contribution in [2.75, 3.05) is 6.54 Å². The van der Waals surface area contributed by atoms with Gasteiger partial charge in [-0.1, -0.05) is 13.0 Å². The summed E-state index contributed by atoms with van der Waals surface area (Å²) in [5.74, 6) is 0.485. The van der Waals surface area contributed by atoms with Crippen LogP contribution in [0.5, 0.6) is 0 Å². The summed E-state index contributed by atoms with van der Waals surface area (Å²) in [6.45, 7) is 2.84. The smallest absolute Gasteiger partial charge is 0.142 e. The van der Waals surface area contributed by atoms with E-state index in [9.17, 15) is 0 Å². The predicted octanol–water partition coefficient (Wildman–Crippen LogP) is 2.34. The minimum absolute atomic E-state index is 0.485. The van der Waals surface area contributed by atoms with Gasteiger partial charge in [0, 0.05) is 11.6 Å². The van der Waals surface area contributed by atoms with Crippen molar-refractivity contribution < 1.29 is 0 Å². The molecular weight excluding hydrogens is 218 g/mol. The van der Waals surface area contributed by atoms with Crippen LogP contribution in [0, 0.1) is 5.92 Å². The maximum absolute atomic E-state index is 5.60. The predicted molar refractivity (Wildman–Crippen MR) is 67.3 cm³/mol. The van der Waals surface area contributed by atoms with Gasteiger partial charge in [-0.05, 0) is 31.0 Å². The molecule has 1 unspecified atom stereocenters. The molecule has 4 heteroatoms. The Labute approximate surface area is 99.4 Å². The highest BCUT2D eigenvalue weighted by Crippen LogP contribution is 2.22. The van der Waals surface area contributed by atoms with Crippen molar-refractivity contribution in [1.82, 2.24) is 9.97 Å². The van der Waals surface area contributed by atoms with Crippen molar-refractivity contribution in [3.05, 3.63) is 35.5 Å². The Kier molecular flexibility index (Phi) is 3.64. The standard InChI is InChI=1S/C12H15N3S/c1-9(7-13)6-10-8-16-12(15-10)11-4-2-3-5-14-11/h2-5,8-9H,6-7,13H2,1H3. The van der Waals surface area contributed by atoms with E-state index in [0.29, 0.717) is 12.5 Å². The second-order valence-electron chi connectivity index (χ2n) is 3.90. The van der Waals surface area contributed by atoms with E-state index in [1.165, 1.54) is 0 Å². The van der Waals surface area contributed by atoms with Gasteiger partial charge in [-0.3, -0.25) is 4.98 Å². The number of pyridine rings is 1. The van der Waals surface area contributed by atoms with E-state index >= 15 is 0 Å². The van der Waals surface area contributed by atoms with Crippen LogP contribution in [0.3, 0.4) is 0 Å². The van der Waals surface area contributed by atoms with Crippen LogP contribution in [0.4, 0.5) is 0 Å². The zero-order valence-electron chi connectivity index (χ0n) is 9.26. The van der Waals surface area contributed by atoms with E-state index in [0.717, 1.165) is 22.8 Å². The zero-order valence-corrected chi connectivity index (χ0v) is 10.1. The highest BCUT2D eigenvalue weighted by Gasteiger charge is 2.07. The van der Waals surface area contributed by atoms with Crippen LogP contribution < -0.4 is 5.73 Å². The Bertz CT molecular complexity index is 439. The van der Waals surface area contributed by atoms with Crippen molar-refractivity contribution in [3.8, 4) is 10.7 Å². The molecule has 0 saturated heterocycles. The fraction of sp³-hybridized carbons (Fsp3) is 0.333. The molecule has 84 valence electrons. The van der Waals surface area contributed by atoms with Crippen LogP contribution in [0.1, 0.15) is 12.6 Å². The summed E-state index contributed by atoms with van der Waals surface area (Å²) in [5, 5.41) is 3.08. The fourth-order valence-corrected chi connectivity index (χ4v) is 2.26. The summed E-state index contributed by atoms with van der Waals surface area (Å²) in [6.07, 6.45) is 2.73. The minimum Gasteiger partial charge on any atom is -0.330 e. The fourth-order valence-electron chi connectivity index (χ4n) is 1.45. The molecule has 0 aromatic carbocycles. The Balaban J connectivity index is 2.14. The lowest BCUT2D eigenvalue weighted by atomic mass is 10.1. The first-order valence-corrected chi connectivity index (χ1v) is 6.23. The molecule has 2 rings (SSSR count). The molecule has 0 aliphatic rings. The monoisotopic (exact) mass is 233 g/mol. The Morgan fingerprint density at radius 1 is 1.44 bits per heavy atom. The molecule has 1 atom stereocenters. The van der Waals surface area contributed by atoms with Gasteiger partial charge >= 0.3 is 0 Å². The van der Waals surface area contributed by atoms with Crippen LogP contribution in [0.25, 0.3) is 10.7 Å². The average Bonchev–Trinajstić information content (AvgIpc) is 2.78. The number of hydrogen-bond acceptors (Lipinski definition) is 4. The van der Waals surface area contributed by atoms with E-state index in [2.05, 4.69) is 22.3 Å². The molecule has 16 heavy (non-hydrogen) atoms. The van der Waals surface area contributed by atoms with Crippen LogP contribution >= 0.6 is 11.3 Å². The average molecular weight is 233 g/mol. The van der Waals surface area contributed by atoms with E-state index in [1.807, 2.05) is 18.2 Å². The molecule has 2 N–H and O–H groups in total. The van der Waals surface area contributed by atoms with Gasteiger partial charge in [-0.2, -0.15) is 0 Å². The summed E-state index contributed by atoms with van der Waals surface area (Å²) in [6, 6.07) is 5.87. The Hall–Kier alpha value is -1.26. The van der Waals surface area contributed by atoms with Crippen molar-refractivity contribution in [3.63, 3.8) is 0 Å². The molecule has 0 fully saturated rings. The van der Waals surface area contributed by atoms with Gasteiger partial charge in [0.25, 0.3) is 0 Å². The lowest BCUT2D eigenvalue weighted by Gasteiger charge is -2.04. The summed E-state index contributed by atoms with van der Waals surface area (Å²) >= 11 is 1.64. The first-order valence-electron chi connectivity index (χ1n) is 5.35. The lowest BCUT2D eigenvalue weighted by Crippen LogP contribution is -2.13. The van der Waals surface area contributed by atoms with Crippen LogP contribution in [0.2, 0.25) is 0 Å². The van der Waals surface area contributed by atoms with Gasteiger partial charge in [-0.15, -0.1) is 11.3 Å². The van der Waals surface area contributed by atoms with Gasteiger partial charge in [0.05, 0.1) is 11.4 Å². The minimum atomic E-state index is 0.485. The van der Waals surface area contributed by atoms with Gasteiger partial charge in [0.1, 0.15) is 5.01 Å². The third-order valence-electron chi connectivity index (χ3n) is 2.40. The van der Waals surface area contributed by atoms with E-state index in [-0.39, 0.29) is 0 Å². The van der Waals surface area contributed by atoms with Crippen molar-refractivity contribution in [1.29, 1.82) is 0 Å². The molecule has 0 bridgehead atoms. The van der Waals surface area contributed by atoms with E-state index < -0.39 is 0 Å². The molecule has 0 saturated carbocycles. The summed E-state index contributed by atoms with van der Waals surface area (Å²) in [4.78, 5) is 8.85. The molecule has 3 nitrogen and oxygen atoms in total. The highest BCUT2D eigenvalue weighted by atomic mass is 32.1. The molecule has 0 radical (unpaired) electrons. The highest BCUT2D eigenvalue weighted by molar-refractivity contribution is 7.13. The molecular formula is C12H15N3S. The molecule has 2 aromatic heterocycles. The van der Waals surface area contributed by atoms with Crippen LogP contribution in [-0.2, 0) is 6.42 Å². The Morgan fingerprint density at radius 2 is 2.31 bits per heavy atom. The maximum Gasteiger partial charge on any atom is 0.142 e. The number of nitrogens with zero attached hydrogens (tertiary/aromatic N) is 2. The van der Waals surface area contributed by atoms with Crippen LogP contribution in [-0.4, -0.2) is 16.5 Å². The number of thiazole rings is 1. The molecule has 0 spiro atoms. The quantitative estimate of drug-likeness (QED) is 0.882. The largest absolute Gasteiger partial charge is 0.330 e. The SMILES string of the molecule is CC(CN)Cc1csc(-c2ccccn2)n1. The first-order chi connectivity index (χ1) is 7.79. The third kappa shape index (κ3) is 2.65. The number of hydrogen-bond donors (Lipinski definition) is 1. The third-order valence-corrected chi connectivity index (χ3v) is 3.31. The normalized spacial score (nSPS) is 12.6. The maximum atomic E-state index is 5.60. The summed E-state index contributed by atoms with van der Waals surface area (Å²) in [7, 11) is 0. The second-order valence-corrected chi connectivity index (χ2v) is 4.76. The first kappa shape index (κ1) is 11.2. The van der Waals surface area contributed by atoms with Crippen molar-refractivity contribution in [2.45, 2.75) is 13.3 Å². The van der Waals surface area contributed by atoms with Gasteiger partial charge in [-0.25, -0.2) is 4.98 Å². The molecule has 2 heterocycles. The summed E-state index contributed by atoms with van der Waals surface area (Å²) in [5.41, 5.74) is 7.66. The van der Waals surface area contributed by atoms with Crippen LogP contribution in [0.15, 0.2) is 29.8 Å². The number of nitrogens with two attached hydrogens (primary N) is 1. The van der Waals surface area contributed by atoms with Gasteiger partial charge < -0.3 is 5.73 Å². The number of rotatable bonds is 4. The second kappa shape index (κ2) is 5.18. The van der Waals surface area contributed by atoms with E-state index in [1.54, 1.807) is 17.5 Å². The summed E-state index contributed by atoms with van der Waals surface area (Å²) < 4.78 is 0. The molecule has 0 aliphatic heterocycles. The zero-order chi connectivity index (χ0) is 11.4. The van der Waals surface area contributed by atoms with E-state index in [4.69, 9.17) is 5.73 Å². The number of aromatic nitrogens is 2. The Morgan fingerprint density at radius 3 is 3.00 bits per heavy atom. The van der Waals surface area contributed by atoms with Gasteiger partial charge in [0.15, 0.2) is 0 Å². The van der Waals surface area contributed by atoms with Crippen molar-refractivity contribution >= 4 is 11.3 Å². The molecule has 0 aliphatic carbocycles. The molecule has 2 aromatic rings. The van der Waals surface area contributed by atoms with Crippen molar-refractivity contribution in [2.24, 2.45) is 11.7 Å². The molecule has 0 amide bonds. The topological polar surface area (TPSA) is 51.8 Å². The van der Waals surface area contributed by atoms with Gasteiger partial charge in [0.2, 0.25) is 0 Å². The lowest BCUT2D eigenvalue weighted by molar-refractivity contribution is 0.586.